The molecule has 8 nitrogen and oxygen atoms in total. The summed E-state index contributed by atoms with van der Waals surface area (Å²) in [6, 6.07) is 12.6. The van der Waals surface area contributed by atoms with Crippen molar-refractivity contribution in [1.29, 1.82) is 0 Å². The van der Waals surface area contributed by atoms with Gasteiger partial charge in [0.05, 0.1) is 11.4 Å². The molecular weight excluding hydrogens is 426 g/mol. The van der Waals surface area contributed by atoms with Crippen molar-refractivity contribution in [2.24, 2.45) is 5.92 Å². The maximum absolute atomic E-state index is 9.88. The first-order valence-corrected chi connectivity index (χ1v) is 12.1. The van der Waals surface area contributed by atoms with E-state index in [1.54, 1.807) is 23.1 Å². The summed E-state index contributed by atoms with van der Waals surface area (Å²) in [6.45, 7) is 10.2. The van der Waals surface area contributed by atoms with Crippen LogP contribution in [-0.4, -0.2) is 63.6 Å². The number of aliphatic hydroxyl groups is 1. The number of piperazine rings is 1. The van der Waals surface area contributed by atoms with E-state index in [0.717, 1.165) is 60.4 Å². The molecule has 3 aromatic rings. The molecule has 1 unspecified atom stereocenters. The van der Waals surface area contributed by atoms with Gasteiger partial charge in [-0.05, 0) is 73.6 Å². The molecule has 178 valence electrons. The van der Waals surface area contributed by atoms with E-state index in [0.29, 0.717) is 0 Å². The van der Waals surface area contributed by atoms with Gasteiger partial charge in [0.2, 0.25) is 0 Å². The Bertz CT molecular complexity index is 1170. The second-order valence-electron chi connectivity index (χ2n) is 9.38. The second kappa shape index (κ2) is 9.87. The van der Waals surface area contributed by atoms with Gasteiger partial charge in [0.15, 0.2) is 5.65 Å². The van der Waals surface area contributed by atoms with E-state index in [-0.39, 0.29) is 0 Å². The van der Waals surface area contributed by atoms with Crippen molar-refractivity contribution in [3.05, 3.63) is 66.8 Å². The van der Waals surface area contributed by atoms with Crippen molar-refractivity contribution in [2.45, 2.75) is 26.5 Å². The van der Waals surface area contributed by atoms with Gasteiger partial charge in [0.25, 0.3) is 0 Å². The predicted molar refractivity (Wildman–Crippen MR) is 137 cm³/mol. The van der Waals surface area contributed by atoms with Gasteiger partial charge < -0.3 is 20.6 Å². The summed E-state index contributed by atoms with van der Waals surface area (Å²) < 4.78 is 1.80. The number of allylic oxidation sites excluding steroid dienone is 2. The molecule has 5 rings (SSSR count). The Morgan fingerprint density at radius 2 is 1.88 bits per heavy atom. The summed E-state index contributed by atoms with van der Waals surface area (Å²) in [6.07, 6.45) is 7.52. The van der Waals surface area contributed by atoms with Gasteiger partial charge >= 0.3 is 0 Å². The van der Waals surface area contributed by atoms with Gasteiger partial charge in [-0.2, -0.15) is 5.10 Å². The number of hydrogen-bond donors (Lipinski definition) is 3. The topological polar surface area (TPSA) is 81.0 Å². The molecule has 0 spiro atoms. The van der Waals surface area contributed by atoms with Crippen LogP contribution in [0.25, 0.3) is 11.2 Å². The summed E-state index contributed by atoms with van der Waals surface area (Å²) in [5.74, 6) is 0.764. The van der Waals surface area contributed by atoms with Crippen LogP contribution in [0.1, 0.15) is 26.0 Å². The summed E-state index contributed by atoms with van der Waals surface area (Å²) in [7, 11) is 0. The first-order chi connectivity index (χ1) is 16.6. The number of nitrogens with zero attached hydrogens (tertiary/aromatic N) is 5. The number of benzene rings is 1. The zero-order chi connectivity index (χ0) is 23.5. The van der Waals surface area contributed by atoms with E-state index in [9.17, 15) is 5.11 Å². The predicted octanol–water partition coefficient (Wildman–Crippen LogP) is 3.46. The van der Waals surface area contributed by atoms with Gasteiger partial charge in [-0.3, -0.25) is 4.90 Å². The van der Waals surface area contributed by atoms with E-state index in [1.165, 1.54) is 18.7 Å². The Morgan fingerprint density at radius 1 is 1.09 bits per heavy atom. The minimum atomic E-state index is -0.710. The number of fused-ring (bicyclic) bond motifs is 1. The van der Waals surface area contributed by atoms with Gasteiger partial charge in [-0.1, -0.05) is 13.8 Å². The molecule has 2 aliphatic rings. The van der Waals surface area contributed by atoms with Crippen LogP contribution in [0.2, 0.25) is 0 Å². The van der Waals surface area contributed by atoms with Crippen LogP contribution >= 0.6 is 0 Å². The summed E-state index contributed by atoms with van der Waals surface area (Å²) >= 11 is 0. The standard InChI is InChI=1S/C26H33N7O/c1-19(2)10-12-31-13-15-32(16-14-31)22-5-3-21(4-6-22)30-23-7-8-24(33-26(23)28-18-29-33)20-9-11-27-25(34)17-20/h3-9,11,17-19,25,27,30,34H,10,12-16H2,1-2H3. The van der Waals surface area contributed by atoms with Crippen LogP contribution in [-0.2, 0) is 0 Å². The molecule has 0 aliphatic carbocycles. The van der Waals surface area contributed by atoms with Gasteiger partial charge in [0.1, 0.15) is 12.6 Å². The molecule has 34 heavy (non-hydrogen) atoms. The van der Waals surface area contributed by atoms with Crippen LogP contribution < -0.4 is 15.5 Å². The van der Waals surface area contributed by atoms with E-state index in [4.69, 9.17) is 0 Å². The number of aromatic nitrogens is 3. The van der Waals surface area contributed by atoms with E-state index in [1.807, 2.05) is 18.2 Å². The Balaban J connectivity index is 1.26. The summed E-state index contributed by atoms with van der Waals surface area (Å²) in [4.78, 5) is 9.51. The van der Waals surface area contributed by atoms with Crippen LogP contribution in [0.15, 0.2) is 61.1 Å². The fourth-order valence-corrected chi connectivity index (χ4v) is 4.49. The number of hydrogen-bond acceptors (Lipinski definition) is 7. The number of rotatable bonds is 7. The minimum absolute atomic E-state index is 0.710. The van der Waals surface area contributed by atoms with Crippen molar-refractivity contribution in [1.82, 2.24) is 24.8 Å². The molecule has 3 N–H and O–H groups in total. The molecule has 0 bridgehead atoms. The number of nitrogens with one attached hydrogen (secondary N) is 2. The lowest BCUT2D eigenvalue weighted by Crippen LogP contribution is -2.46. The van der Waals surface area contributed by atoms with E-state index >= 15 is 0 Å². The maximum Gasteiger partial charge on any atom is 0.179 e. The van der Waals surface area contributed by atoms with Crippen LogP contribution in [0, 0.1) is 5.92 Å². The second-order valence-corrected chi connectivity index (χ2v) is 9.38. The maximum atomic E-state index is 9.88. The van der Waals surface area contributed by atoms with E-state index < -0.39 is 6.23 Å². The number of aliphatic hydroxyl groups excluding tert-OH is 1. The van der Waals surface area contributed by atoms with Crippen molar-refractivity contribution in [2.75, 3.05) is 42.9 Å². The number of dihydropyridines is 1. The molecule has 0 radical (unpaired) electrons. The Kier molecular flexibility index (Phi) is 6.51. The number of pyridine rings is 1. The quantitative estimate of drug-likeness (QED) is 0.499. The molecule has 1 fully saturated rings. The molecule has 8 heteroatoms. The van der Waals surface area contributed by atoms with Crippen molar-refractivity contribution < 1.29 is 5.11 Å². The number of anilines is 3. The highest BCUT2D eigenvalue weighted by molar-refractivity contribution is 5.80. The van der Waals surface area contributed by atoms with Crippen LogP contribution in [0.4, 0.5) is 17.1 Å². The van der Waals surface area contributed by atoms with Gasteiger partial charge in [-0.15, -0.1) is 0 Å². The Morgan fingerprint density at radius 3 is 2.62 bits per heavy atom. The van der Waals surface area contributed by atoms with E-state index in [2.05, 4.69) is 68.6 Å². The highest BCUT2D eigenvalue weighted by Crippen LogP contribution is 2.27. The molecule has 2 aromatic heterocycles. The minimum Gasteiger partial charge on any atom is -0.370 e. The first-order valence-electron chi connectivity index (χ1n) is 12.1. The Labute approximate surface area is 200 Å². The largest absolute Gasteiger partial charge is 0.370 e. The summed E-state index contributed by atoms with van der Waals surface area (Å²) in [5, 5.41) is 20.6. The van der Waals surface area contributed by atoms with Crippen molar-refractivity contribution in [3.63, 3.8) is 0 Å². The first kappa shape index (κ1) is 22.4. The van der Waals surface area contributed by atoms with Crippen LogP contribution in [0.3, 0.4) is 0 Å². The SMILES string of the molecule is CC(C)CCN1CCN(c2ccc(Nc3ccc(C4=CC(O)NC=C4)n4ncnc34)cc2)CC1. The zero-order valence-corrected chi connectivity index (χ0v) is 19.9. The lowest BCUT2D eigenvalue weighted by atomic mass is 10.1. The third-order valence-electron chi connectivity index (χ3n) is 6.49. The smallest absolute Gasteiger partial charge is 0.179 e. The third kappa shape index (κ3) is 4.93. The molecule has 4 heterocycles. The average molecular weight is 460 g/mol. The highest BCUT2D eigenvalue weighted by atomic mass is 16.3. The monoisotopic (exact) mass is 459 g/mol. The lowest BCUT2D eigenvalue weighted by molar-refractivity contribution is 0.201. The molecule has 0 saturated carbocycles. The molecule has 0 amide bonds. The van der Waals surface area contributed by atoms with Crippen molar-refractivity contribution >= 4 is 28.3 Å². The van der Waals surface area contributed by atoms with Crippen molar-refractivity contribution in [3.8, 4) is 0 Å². The molecule has 1 saturated heterocycles. The third-order valence-corrected chi connectivity index (χ3v) is 6.49. The van der Waals surface area contributed by atoms with Gasteiger partial charge in [0, 0.05) is 43.1 Å². The lowest BCUT2D eigenvalue weighted by Gasteiger charge is -2.36. The zero-order valence-electron chi connectivity index (χ0n) is 19.9. The average Bonchev–Trinajstić information content (AvgIpc) is 3.34. The molecule has 2 aliphatic heterocycles. The van der Waals surface area contributed by atoms with Crippen LogP contribution in [0.5, 0.6) is 0 Å². The highest BCUT2D eigenvalue weighted by Gasteiger charge is 2.18. The Hall–Kier alpha value is -3.36. The summed E-state index contributed by atoms with van der Waals surface area (Å²) in [5.41, 5.74) is 5.65. The molecule has 1 aromatic carbocycles. The molecule has 1 atom stereocenters. The van der Waals surface area contributed by atoms with Gasteiger partial charge in [-0.25, -0.2) is 9.50 Å². The fraction of sp³-hybridized carbons (Fsp3) is 0.385. The normalized spacial score (nSPS) is 18.9. The molecular formula is C26H33N7O. The fourth-order valence-electron chi connectivity index (χ4n) is 4.49.